The molecule has 0 bridgehead atoms. The van der Waals surface area contributed by atoms with Crippen molar-refractivity contribution >= 4 is 21.6 Å². The molecule has 2 unspecified atom stereocenters. The third-order valence-corrected chi connectivity index (χ3v) is 4.64. The summed E-state index contributed by atoms with van der Waals surface area (Å²) in [5.41, 5.74) is 8.82. The maximum Gasteiger partial charge on any atom is 0.0413 e. The smallest absolute Gasteiger partial charge is 0.0413 e. The molecular weight excluding hydrogens is 312 g/mol. The predicted molar refractivity (Wildman–Crippen MR) is 91.4 cm³/mol. The van der Waals surface area contributed by atoms with Crippen molar-refractivity contribution in [3.05, 3.63) is 28.2 Å². The Labute approximate surface area is 131 Å². The highest BCUT2D eigenvalue weighted by Gasteiger charge is 2.24. The lowest BCUT2D eigenvalue weighted by atomic mass is 9.95. The third-order valence-electron chi connectivity index (χ3n) is 4.15. The Kier molecular flexibility index (Phi) is 5.91. The van der Waals surface area contributed by atoms with E-state index in [1.54, 1.807) is 0 Å². The minimum atomic E-state index is 0.212. The molecule has 1 heterocycles. The number of halogens is 1. The van der Waals surface area contributed by atoms with Gasteiger partial charge >= 0.3 is 0 Å². The van der Waals surface area contributed by atoms with Gasteiger partial charge in [0.05, 0.1) is 0 Å². The number of benzene rings is 1. The van der Waals surface area contributed by atoms with Gasteiger partial charge in [0.15, 0.2) is 0 Å². The Morgan fingerprint density at radius 3 is 2.90 bits per heavy atom. The summed E-state index contributed by atoms with van der Waals surface area (Å²) in [5, 5.41) is 0. The van der Waals surface area contributed by atoms with Crippen LogP contribution in [0.5, 0.6) is 0 Å². The standard InChI is InChI=1S/C17H27BrN2/c1-3-6-16-7-4-5-10-20(16)17-12-15(18)9-8-14(17)11-13(2)19/h8-9,12-13,16H,3-7,10-11,19H2,1-2H3. The lowest BCUT2D eigenvalue weighted by Crippen LogP contribution is -2.40. The second-order valence-electron chi connectivity index (χ2n) is 6.09. The van der Waals surface area contributed by atoms with Gasteiger partial charge in [0.25, 0.3) is 0 Å². The number of piperidine rings is 1. The van der Waals surface area contributed by atoms with Crippen LogP contribution >= 0.6 is 15.9 Å². The number of nitrogens with zero attached hydrogens (tertiary/aromatic N) is 1. The van der Waals surface area contributed by atoms with Crippen molar-refractivity contribution in [1.29, 1.82) is 0 Å². The minimum absolute atomic E-state index is 0.212. The van der Waals surface area contributed by atoms with Gasteiger partial charge in [-0.25, -0.2) is 0 Å². The van der Waals surface area contributed by atoms with E-state index in [9.17, 15) is 0 Å². The van der Waals surface area contributed by atoms with Crippen molar-refractivity contribution in [2.45, 2.75) is 64.5 Å². The summed E-state index contributed by atoms with van der Waals surface area (Å²) in [6, 6.07) is 7.57. The number of hydrogen-bond donors (Lipinski definition) is 1. The van der Waals surface area contributed by atoms with Crippen molar-refractivity contribution < 1.29 is 0 Å². The average molecular weight is 339 g/mol. The fraction of sp³-hybridized carbons (Fsp3) is 0.647. The second-order valence-corrected chi connectivity index (χ2v) is 7.00. The van der Waals surface area contributed by atoms with Gasteiger partial charge in [0, 0.05) is 28.8 Å². The van der Waals surface area contributed by atoms with Gasteiger partial charge in [-0.2, -0.15) is 0 Å². The van der Waals surface area contributed by atoms with Crippen LogP contribution in [0, 0.1) is 0 Å². The first-order chi connectivity index (χ1) is 9.61. The Hall–Kier alpha value is -0.540. The highest BCUT2D eigenvalue weighted by molar-refractivity contribution is 9.10. The summed E-state index contributed by atoms with van der Waals surface area (Å²) in [6.07, 6.45) is 7.53. The van der Waals surface area contributed by atoms with E-state index in [0.29, 0.717) is 6.04 Å². The maximum atomic E-state index is 6.02. The summed E-state index contributed by atoms with van der Waals surface area (Å²) in [4.78, 5) is 2.63. The normalized spacial score (nSPS) is 21.0. The molecule has 1 aliphatic heterocycles. The van der Waals surface area contributed by atoms with Crippen LogP contribution in [0.3, 0.4) is 0 Å². The number of hydrogen-bond acceptors (Lipinski definition) is 2. The Balaban J connectivity index is 2.30. The number of rotatable bonds is 5. The van der Waals surface area contributed by atoms with E-state index in [2.05, 4.69) is 52.9 Å². The molecule has 0 amide bonds. The van der Waals surface area contributed by atoms with Gasteiger partial charge in [-0.05, 0) is 56.7 Å². The summed E-state index contributed by atoms with van der Waals surface area (Å²) >= 11 is 3.63. The first kappa shape index (κ1) is 15.8. The summed E-state index contributed by atoms with van der Waals surface area (Å²) in [6.45, 7) is 5.56. The van der Waals surface area contributed by atoms with Crippen LogP contribution in [0.2, 0.25) is 0 Å². The fourth-order valence-electron chi connectivity index (χ4n) is 3.27. The molecule has 1 fully saturated rings. The molecular formula is C17H27BrN2. The Bertz CT molecular complexity index is 429. The molecule has 2 N–H and O–H groups in total. The summed E-state index contributed by atoms with van der Waals surface area (Å²) in [7, 11) is 0. The van der Waals surface area contributed by atoms with Gasteiger partial charge in [-0.1, -0.05) is 35.3 Å². The predicted octanol–water partition coefficient (Wildman–Crippen LogP) is 4.50. The third kappa shape index (κ3) is 3.98. The number of anilines is 1. The van der Waals surface area contributed by atoms with Gasteiger partial charge < -0.3 is 10.6 Å². The molecule has 2 rings (SSSR count). The van der Waals surface area contributed by atoms with Crippen molar-refractivity contribution in [2.24, 2.45) is 5.73 Å². The SMILES string of the molecule is CCCC1CCCCN1c1cc(Br)ccc1CC(C)N. The number of nitrogens with two attached hydrogens (primary N) is 1. The van der Waals surface area contributed by atoms with E-state index in [1.807, 2.05) is 0 Å². The zero-order valence-corrected chi connectivity index (χ0v) is 14.3. The van der Waals surface area contributed by atoms with E-state index < -0.39 is 0 Å². The van der Waals surface area contributed by atoms with Gasteiger partial charge in [0.2, 0.25) is 0 Å². The Morgan fingerprint density at radius 2 is 2.20 bits per heavy atom. The van der Waals surface area contributed by atoms with E-state index in [0.717, 1.165) is 6.42 Å². The van der Waals surface area contributed by atoms with E-state index in [-0.39, 0.29) is 6.04 Å². The zero-order valence-electron chi connectivity index (χ0n) is 12.7. The molecule has 20 heavy (non-hydrogen) atoms. The monoisotopic (exact) mass is 338 g/mol. The van der Waals surface area contributed by atoms with Crippen LogP contribution < -0.4 is 10.6 Å². The molecule has 2 nitrogen and oxygen atoms in total. The van der Waals surface area contributed by atoms with Crippen LogP contribution in [-0.4, -0.2) is 18.6 Å². The van der Waals surface area contributed by atoms with Crippen LogP contribution in [-0.2, 0) is 6.42 Å². The average Bonchev–Trinajstić information content (AvgIpc) is 2.41. The van der Waals surface area contributed by atoms with E-state index in [1.165, 1.54) is 54.4 Å². The lowest BCUT2D eigenvalue weighted by molar-refractivity contribution is 0.433. The summed E-state index contributed by atoms with van der Waals surface area (Å²) in [5.74, 6) is 0. The highest BCUT2D eigenvalue weighted by Crippen LogP contribution is 2.32. The molecule has 0 aliphatic carbocycles. The lowest BCUT2D eigenvalue weighted by Gasteiger charge is -2.39. The Morgan fingerprint density at radius 1 is 1.40 bits per heavy atom. The van der Waals surface area contributed by atoms with Crippen LogP contribution in [0.15, 0.2) is 22.7 Å². The van der Waals surface area contributed by atoms with Crippen molar-refractivity contribution in [1.82, 2.24) is 0 Å². The molecule has 3 heteroatoms. The highest BCUT2D eigenvalue weighted by atomic mass is 79.9. The molecule has 0 spiro atoms. The second kappa shape index (κ2) is 7.46. The van der Waals surface area contributed by atoms with Crippen molar-refractivity contribution in [2.75, 3.05) is 11.4 Å². The van der Waals surface area contributed by atoms with Gasteiger partial charge in [-0.3, -0.25) is 0 Å². The molecule has 0 radical (unpaired) electrons. The van der Waals surface area contributed by atoms with Crippen LogP contribution in [0.1, 0.15) is 51.5 Å². The fourth-order valence-corrected chi connectivity index (χ4v) is 3.62. The first-order valence-corrected chi connectivity index (χ1v) is 8.71. The van der Waals surface area contributed by atoms with E-state index in [4.69, 9.17) is 5.73 Å². The topological polar surface area (TPSA) is 29.3 Å². The molecule has 112 valence electrons. The molecule has 1 aliphatic rings. The summed E-state index contributed by atoms with van der Waals surface area (Å²) < 4.78 is 1.17. The molecule has 1 aromatic carbocycles. The van der Waals surface area contributed by atoms with E-state index >= 15 is 0 Å². The van der Waals surface area contributed by atoms with Gasteiger partial charge in [0.1, 0.15) is 0 Å². The van der Waals surface area contributed by atoms with Gasteiger partial charge in [-0.15, -0.1) is 0 Å². The molecule has 1 aromatic rings. The molecule has 0 aromatic heterocycles. The molecule has 1 saturated heterocycles. The van der Waals surface area contributed by atoms with Crippen LogP contribution in [0.4, 0.5) is 5.69 Å². The van der Waals surface area contributed by atoms with Crippen LogP contribution in [0.25, 0.3) is 0 Å². The maximum absolute atomic E-state index is 6.02. The molecule has 2 atom stereocenters. The first-order valence-electron chi connectivity index (χ1n) is 7.92. The van der Waals surface area contributed by atoms with Crippen molar-refractivity contribution in [3.8, 4) is 0 Å². The minimum Gasteiger partial charge on any atom is -0.368 e. The quantitative estimate of drug-likeness (QED) is 0.856. The molecule has 0 saturated carbocycles. The zero-order chi connectivity index (χ0) is 14.5. The largest absolute Gasteiger partial charge is 0.368 e. The van der Waals surface area contributed by atoms with Crippen molar-refractivity contribution in [3.63, 3.8) is 0 Å².